The summed E-state index contributed by atoms with van der Waals surface area (Å²) >= 11 is 0. The molecule has 3 heteroatoms. The summed E-state index contributed by atoms with van der Waals surface area (Å²) in [6.45, 7) is 5.12. The summed E-state index contributed by atoms with van der Waals surface area (Å²) in [6.07, 6.45) is 15.9. The van der Waals surface area contributed by atoms with Gasteiger partial charge in [0.1, 0.15) is 6.61 Å². The van der Waals surface area contributed by atoms with E-state index in [1.54, 1.807) is 7.11 Å². The average molecular weight is 357 g/mol. The Morgan fingerprint density at radius 1 is 1.15 bits per heavy atom. The fourth-order valence-corrected chi connectivity index (χ4v) is 7.31. The number of allylic oxidation sites excluding steroid dienone is 1. The molecule has 0 bridgehead atoms. The van der Waals surface area contributed by atoms with Crippen molar-refractivity contribution in [2.45, 2.75) is 71.0 Å². The highest BCUT2D eigenvalue weighted by molar-refractivity contribution is 5.91. The zero-order valence-electron chi connectivity index (χ0n) is 16.5. The fourth-order valence-electron chi connectivity index (χ4n) is 7.31. The lowest BCUT2D eigenvalue weighted by molar-refractivity contribution is -0.284. The molecule has 2 unspecified atom stereocenters. The summed E-state index contributed by atoms with van der Waals surface area (Å²) in [4.78, 5) is 12.0. The Labute approximate surface area is 157 Å². The minimum Gasteiger partial charge on any atom is -0.353 e. The molecule has 4 rings (SSSR count). The van der Waals surface area contributed by atoms with Gasteiger partial charge in [0.2, 0.25) is 0 Å². The van der Waals surface area contributed by atoms with Crippen LogP contribution >= 0.6 is 0 Å². The lowest BCUT2D eigenvalue weighted by Crippen LogP contribution is -2.56. The van der Waals surface area contributed by atoms with Crippen LogP contribution < -0.4 is 0 Å². The Bertz CT molecular complexity index is 673. The van der Waals surface area contributed by atoms with E-state index in [9.17, 15) is 4.79 Å². The second-order valence-electron chi connectivity index (χ2n) is 9.41. The molecule has 0 heterocycles. The van der Waals surface area contributed by atoms with E-state index in [0.29, 0.717) is 30.1 Å². The van der Waals surface area contributed by atoms with Crippen LogP contribution in [0.3, 0.4) is 0 Å². The lowest BCUT2D eigenvalue weighted by Gasteiger charge is -2.59. The smallest absolute Gasteiger partial charge is 0.174 e. The van der Waals surface area contributed by atoms with Crippen molar-refractivity contribution < 1.29 is 14.3 Å². The quantitative estimate of drug-likeness (QED) is 0.551. The number of carbonyl (C=O) groups is 1. The predicted octanol–water partition coefficient (Wildman–Crippen LogP) is 4.51. The number of hydrogen-bond donors (Lipinski definition) is 0. The molecule has 26 heavy (non-hydrogen) atoms. The van der Waals surface area contributed by atoms with Gasteiger partial charge in [0.05, 0.1) is 0 Å². The topological polar surface area (TPSA) is 35.5 Å². The normalized spacial score (nSPS) is 47.4. The van der Waals surface area contributed by atoms with Crippen molar-refractivity contribution in [3.63, 3.8) is 0 Å². The van der Waals surface area contributed by atoms with E-state index in [2.05, 4.69) is 19.8 Å². The summed E-state index contributed by atoms with van der Waals surface area (Å²) in [5.41, 5.74) is 1.68. The van der Waals surface area contributed by atoms with E-state index in [0.717, 1.165) is 38.5 Å². The van der Waals surface area contributed by atoms with Gasteiger partial charge in [0.15, 0.2) is 11.6 Å². The van der Waals surface area contributed by atoms with Gasteiger partial charge in [-0.05, 0) is 67.8 Å². The molecule has 0 aromatic heterocycles. The van der Waals surface area contributed by atoms with Gasteiger partial charge in [0, 0.05) is 25.4 Å². The van der Waals surface area contributed by atoms with Crippen molar-refractivity contribution >= 4 is 5.78 Å². The predicted molar refractivity (Wildman–Crippen MR) is 101 cm³/mol. The molecule has 3 nitrogen and oxygen atoms in total. The number of rotatable bonds is 3. The van der Waals surface area contributed by atoms with Crippen molar-refractivity contribution in [2.75, 3.05) is 13.7 Å². The number of fused-ring (bicyclic) bond motifs is 5. The van der Waals surface area contributed by atoms with Crippen LogP contribution in [0.5, 0.6) is 0 Å². The minimum absolute atomic E-state index is 0.0296. The van der Waals surface area contributed by atoms with Crippen molar-refractivity contribution in [2.24, 2.45) is 28.6 Å². The van der Waals surface area contributed by atoms with E-state index in [-0.39, 0.29) is 10.8 Å². The average Bonchev–Trinajstić information content (AvgIpc) is 2.93. The van der Waals surface area contributed by atoms with Crippen LogP contribution in [-0.4, -0.2) is 25.3 Å². The van der Waals surface area contributed by atoms with Crippen molar-refractivity contribution in [1.82, 2.24) is 0 Å². The molecule has 0 aliphatic heterocycles. The lowest BCUT2D eigenvalue weighted by atomic mass is 9.47. The molecule has 0 amide bonds. The Kier molecular flexibility index (Phi) is 4.36. The number of hydrogen-bond acceptors (Lipinski definition) is 3. The van der Waals surface area contributed by atoms with Gasteiger partial charge in [-0.1, -0.05) is 25.3 Å². The standard InChI is InChI=1S/C23H32O3/c1-5-14-26-23(25-4)13-10-20-18-7-6-16-15-17(24)8-11-21(16,2)19(18)9-12-22(20,23)3/h1,15,18-20H,6-14H2,2-4H3/t18?,19-,20-,21+,22+,23?/m1/s1. The molecular weight excluding hydrogens is 324 g/mol. The molecule has 4 aliphatic rings. The Balaban J connectivity index is 1.65. The summed E-state index contributed by atoms with van der Waals surface area (Å²) in [5, 5.41) is 0. The molecule has 3 fully saturated rings. The molecule has 142 valence electrons. The van der Waals surface area contributed by atoms with Crippen LogP contribution in [0.15, 0.2) is 11.6 Å². The molecule has 0 saturated heterocycles. The third-order valence-electron chi connectivity index (χ3n) is 8.72. The van der Waals surface area contributed by atoms with Crippen LogP contribution in [0.2, 0.25) is 0 Å². The SMILES string of the molecule is C#CCOC1(OC)CC[C@@H]2C3CCC4=CC(=O)CC[C@]4(C)[C@@H]3CC[C@@]21C. The zero-order valence-corrected chi connectivity index (χ0v) is 16.5. The third kappa shape index (κ3) is 2.31. The number of ketones is 1. The van der Waals surface area contributed by atoms with Gasteiger partial charge < -0.3 is 9.47 Å². The van der Waals surface area contributed by atoms with Crippen LogP contribution in [0.4, 0.5) is 0 Å². The Morgan fingerprint density at radius 2 is 1.92 bits per heavy atom. The molecule has 0 aromatic rings. The van der Waals surface area contributed by atoms with E-state index in [1.807, 2.05) is 6.08 Å². The molecule has 6 atom stereocenters. The second kappa shape index (κ2) is 6.21. The summed E-state index contributed by atoms with van der Waals surface area (Å²) in [7, 11) is 1.78. The van der Waals surface area contributed by atoms with Gasteiger partial charge in [-0.2, -0.15) is 0 Å². The molecule has 0 aromatic carbocycles. The van der Waals surface area contributed by atoms with Crippen LogP contribution in [-0.2, 0) is 14.3 Å². The molecule has 0 spiro atoms. The third-order valence-corrected chi connectivity index (χ3v) is 8.72. The molecule has 4 aliphatic carbocycles. The second-order valence-corrected chi connectivity index (χ2v) is 9.41. The van der Waals surface area contributed by atoms with Crippen LogP contribution in [0.1, 0.15) is 65.2 Å². The van der Waals surface area contributed by atoms with Crippen LogP contribution in [0.25, 0.3) is 0 Å². The highest BCUT2D eigenvalue weighted by Gasteiger charge is 2.65. The first-order valence-electron chi connectivity index (χ1n) is 10.3. The maximum absolute atomic E-state index is 12.0. The molecule has 3 saturated carbocycles. The van der Waals surface area contributed by atoms with E-state index in [4.69, 9.17) is 15.9 Å². The van der Waals surface area contributed by atoms with Gasteiger partial charge in [-0.15, -0.1) is 6.42 Å². The van der Waals surface area contributed by atoms with E-state index in [1.165, 1.54) is 18.4 Å². The van der Waals surface area contributed by atoms with Gasteiger partial charge in [0.25, 0.3) is 0 Å². The Hall–Kier alpha value is -1.11. The maximum Gasteiger partial charge on any atom is 0.174 e. The number of ether oxygens (including phenoxy) is 2. The molecular formula is C23H32O3. The first-order valence-corrected chi connectivity index (χ1v) is 10.3. The van der Waals surface area contributed by atoms with E-state index >= 15 is 0 Å². The Morgan fingerprint density at radius 3 is 2.65 bits per heavy atom. The van der Waals surface area contributed by atoms with Crippen molar-refractivity contribution in [1.29, 1.82) is 0 Å². The van der Waals surface area contributed by atoms with Crippen LogP contribution in [0, 0.1) is 40.9 Å². The number of carbonyl (C=O) groups excluding carboxylic acids is 1. The summed E-state index contributed by atoms with van der Waals surface area (Å²) in [5.74, 6) is 4.44. The first kappa shape index (κ1) is 18.3. The van der Waals surface area contributed by atoms with Crippen molar-refractivity contribution in [3.05, 3.63) is 11.6 Å². The number of methoxy groups -OCH3 is 1. The van der Waals surface area contributed by atoms with E-state index < -0.39 is 5.79 Å². The van der Waals surface area contributed by atoms with Gasteiger partial charge >= 0.3 is 0 Å². The zero-order chi connectivity index (χ0) is 18.6. The van der Waals surface area contributed by atoms with Gasteiger partial charge in [-0.3, -0.25) is 4.79 Å². The summed E-state index contributed by atoms with van der Waals surface area (Å²) < 4.78 is 12.2. The highest BCUT2D eigenvalue weighted by atomic mass is 16.7. The monoisotopic (exact) mass is 356 g/mol. The first-order chi connectivity index (χ1) is 12.4. The minimum atomic E-state index is -0.533. The van der Waals surface area contributed by atoms with Crippen molar-refractivity contribution in [3.8, 4) is 12.3 Å². The maximum atomic E-state index is 12.0. The summed E-state index contributed by atoms with van der Waals surface area (Å²) in [6, 6.07) is 0. The molecule has 0 N–H and O–H groups in total. The molecule has 0 radical (unpaired) electrons. The highest BCUT2D eigenvalue weighted by Crippen LogP contribution is 2.68. The fraction of sp³-hybridized carbons (Fsp3) is 0.783. The number of terminal acetylenes is 1. The largest absolute Gasteiger partial charge is 0.353 e. The van der Waals surface area contributed by atoms with Gasteiger partial charge in [-0.25, -0.2) is 0 Å².